The van der Waals surface area contributed by atoms with Gasteiger partial charge in [0.2, 0.25) is 0 Å². The van der Waals surface area contributed by atoms with Gasteiger partial charge in [-0.25, -0.2) is 0 Å². The normalized spacial score (nSPS) is 28.6. The van der Waals surface area contributed by atoms with Crippen molar-refractivity contribution < 1.29 is 18.3 Å². The quantitative estimate of drug-likeness (QED) is 0.694. The summed E-state index contributed by atoms with van der Waals surface area (Å²) in [5.41, 5.74) is -4.12. The SMILES string of the molecule is OC1CC(NCCSC(F)(F)F)C1. The van der Waals surface area contributed by atoms with Crippen molar-refractivity contribution in [3.05, 3.63) is 0 Å². The third-order valence-corrected chi connectivity index (χ3v) is 2.65. The number of hydrogen-bond donors (Lipinski definition) is 2. The van der Waals surface area contributed by atoms with Crippen LogP contribution in [0.15, 0.2) is 0 Å². The van der Waals surface area contributed by atoms with E-state index in [0.29, 0.717) is 19.4 Å². The molecule has 1 aliphatic carbocycles. The van der Waals surface area contributed by atoms with Gasteiger partial charge in [-0.2, -0.15) is 13.2 Å². The van der Waals surface area contributed by atoms with Gasteiger partial charge in [-0.1, -0.05) is 0 Å². The van der Waals surface area contributed by atoms with Crippen molar-refractivity contribution in [3.63, 3.8) is 0 Å². The minimum absolute atomic E-state index is 0.0141. The fourth-order valence-electron chi connectivity index (χ4n) is 1.18. The second-order valence-corrected chi connectivity index (χ2v) is 4.23. The highest BCUT2D eigenvalue weighted by atomic mass is 32.2. The van der Waals surface area contributed by atoms with Gasteiger partial charge < -0.3 is 10.4 Å². The minimum atomic E-state index is -4.12. The number of hydrogen-bond acceptors (Lipinski definition) is 3. The van der Waals surface area contributed by atoms with Crippen LogP contribution in [-0.2, 0) is 0 Å². The zero-order chi connectivity index (χ0) is 9.90. The maximum atomic E-state index is 11.6. The first-order valence-electron chi connectivity index (χ1n) is 4.09. The number of alkyl halides is 3. The molecule has 0 saturated heterocycles. The minimum Gasteiger partial charge on any atom is -0.393 e. The molecule has 0 atom stereocenters. The Labute approximate surface area is 78.9 Å². The number of aliphatic hydroxyl groups excluding tert-OH is 1. The molecule has 13 heavy (non-hydrogen) atoms. The van der Waals surface area contributed by atoms with E-state index in [0.717, 1.165) is 0 Å². The molecule has 0 aromatic carbocycles. The van der Waals surface area contributed by atoms with Gasteiger partial charge in [0.05, 0.1) is 6.10 Å². The van der Waals surface area contributed by atoms with Crippen LogP contribution in [0.4, 0.5) is 13.2 Å². The van der Waals surface area contributed by atoms with Crippen molar-refractivity contribution in [2.45, 2.75) is 30.5 Å². The van der Waals surface area contributed by atoms with E-state index in [9.17, 15) is 13.2 Å². The largest absolute Gasteiger partial charge is 0.441 e. The van der Waals surface area contributed by atoms with Crippen LogP contribution in [0.1, 0.15) is 12.8 Å². The average Bonchev–Trinajstić information content (AvgIpc) is 1.91. The second-order valence-electron chi connectivity index (χ2n) is 3.07. The summed E-state index contributed by atoms with van der Waals surface area (Å²) in [4.78, 5) is 0. The number of aliphatic hydroxyl groups is 1. The number of nitrogens with one attached hydrogen (secondary N) is 1. The van der Waals surface area contributed by atoms with E-state index in [-0.39, 0.29) is 29.7 Å². The van der Waals surface area contributed by atoms with Crippen LogP contribution in [0.3, 0.4) is 0 Å². The third kappa shape index (κ3) is 4.73. The first-order chi connectivity index (χ1) is 5.97. The average molecular weight is 215 g/mol. The maximum absolute atomic E-state index is 11.6. The molecule has 0 aromatic heterocycles. The third-order valence-electron chi connectivity index (χ3n) is 1.91. The monoisotopic (exact) mass is 215 g/mol. The standard InChI is InChI=1S/C7H12F3NOS/c8-7(9,10)13-2-1-11-5-3-6(12)4-5/h5-6,11-12H,1-4H2. The van der Waals surface area contributed by atoms with Gasteiger partial charge in [0, 0.05) is 18.3 Å². The second kappa shape index (κ2) is 4.52. The van der Waals surface area contributed by atoms with E-state index in [4.69, 9.17) is 5.11 Å². The van der Waals surface area contributed by atoms with Crippen LogP contribution in [0, 0.1) is 0 Å². The molecule has 1 aliphatic rings. The molecule has 1 rings (SSSR count). The van der Waals surface area contributed by atoms with Crippen molar-refractivity contribution in [2.75, 3.05) is 12.3 Å². The number of rotatable bonds is 4. The zero-order valence-corrected chi connectivity index (χ0v) is 7.79. The van der Waals surface area contributed by atoms with E-state index < -0.39 is 5.51 Å². The lowest BCUT2D eigenvalue weighted by Gasteiger charge is -2.32. The van der Waals surface area contributed by atoms with Crippen molar-refractivity contribution in [3.8, 4) is 0 Å². The first kappa shape index (κ1) is 11.1. The fourth-order valence-corrected chi connectivity index (χ4v) is 1.64. The van der Waals surface area contributed by atoms with E-state index in [2.05, 4.69) is 5.32 Å². The van der Waals surface area contributed by atoms with E-state index >= 15 is 0 Å². The molecule has 0 aromatic rings. The molecule has 2 N–H and O–H groups in total. The Morgan fingerprint density at radius 3 is 2.46 bits per heavy atom. The lowest BCUT2D eigenvalue weighted by Crippen LogP contribution is -2.44. The molecule has 0 amide bonds. The lowest BCUT2D eigenvalue weighted by molar-refractivity contribution is -0.0328. The topological polar surface area (TPSA) is 32.3 Å². The molecule has 0 heterocycles. The molecular weight excluding hydrogens is 203 g/mol. The Kier molecular flexibility index (Phi) is 3.87. The van der Waals surface area contributed by atoms with Gasteiger partial charge in [0.1, 0.15) is 0 Å². The van der Waals surface area contributed by atoms with Crippen molar-refractivity contribution in [1.82, 2.24) is 5.32 Å². The van der Waals surface area contributed by atoms with Crippen LogP contribution in [0.25, 0.3) is 0 Å². The molecular formula is C7H12F3NOS. The van der Waals surface area contributed by atoms with Crippen molar-refractivity contribution >= 4 is 11.8 Å². The summed E-state index contributed by atoms with van der Waals surface area (Å²) >= 11 is -0.0141. The van der Waals surface area contributed by atoms with Crippen LogP contribution >= 0.6 is 11.8 Å². The van der Waals surface area contributed by atoms with Crippen molar-refractivity contribution in [2.24, 2.45) is 0 Å². The maximum Gasteiger partial charge on any atom is 0.441 e. The highest BCUT2D eigenvalue weighted by Gasteiger charge is 2.29. The predicted molar refractivity (Wildman–Crippen MR) is 45.5 cm³/mol. The van der Waals surface area contributed by atoms with E-state index in [1.165, 1.54) is 0 Å². The summed E-state index contributed by atoms with van der Waals surface area (Å²) in [6.45, 7) is 0.349. The Morgan fingerprint density at radius 2 is 2.00 bits per heavy atom. The van der Waals surface area contributed by atoms with Gasteiger partial charge in [-0.05, 0) is 24.6 Å². The van der Waals surface area contributed by atoms with E-state index in [1.807, 2.05) is 0 Å². The molecule has 0 unspecified atom stereocenters. The van der Waals surface area contributed by atoms with Crippen LogP contribution < -0.4 is 5.32 Å². The molecule has 0 spiro atoms. The summed E-state index contributed by atoms with van der Waals surface area (Å²) in [7, 11) is 0. The van der Waals surface area contributed by atoms with Gasteiger partial charge >= 0.3 is 5.51 Å². The summed E-state index contributed by atoms with van der Waals surface area (Å²) in [5, 5.41) is 11.8. The molecule has 2 nitrogen and oxygen atoms in total. The fraction of sp³-hybridized carbons (Fsp3) is 1.00. The molecule has 78 valence electrons. The number of halogens is 3. The highest BCUT2D eigenvalue weighted by molar-refractivity contribution is 8.00. The molecule has 6 heteroatoms. The Morgan fingerprint density at radius 1 is 1.38 bits per heavy atom. The van der Waals surface area contributed by atoms with Gasteiger partial charge in [0.15, 0.2) is 0 Å². The Hall–Kier alpha value is 0.0600. The summed E-state index contributed by atoms with van der Waals surface area (Å²) in [6.07, 6.45) is 1.07. The highest BCUT2D eigenvalue weighted by Crippen LogP contribution is 2.29. The van der Waals surface area contributed by atoms with Crippen LogP contribution in [0.2, 0.25) is 0 Å². The van der Waals surface area contributed by atoms with Gasteiger partial charge in [-0.15, -0.1) is 0 Å². The lowest BCUT2D eigenvalue weighted by atomic mass is 9.90. The van der Waals surface area contributed by atoms with Crippen LogP contribution in [-0.4, -0.2) is 35.1 Å². The molecule has 1 saturated carbocycles. The molecule has 0 aliphatic heterocycles. The van der Waals surface area contributed by atoms with Gasteiger partial charge in [-0.3, -0.25) is 0 Å². The van der Waals surface area contributed by atoms with Crippen LogP contribution in [0.5, 0.6) is 0 Å². The molecule has 0 bridgehead atoms. The first-order valence-corrected chi connectivity index (χ1v) is 5.08. The molecule has 1 fully saturated rings. The summed E-state index contributed by atoms with van der Waals surface area (Å²) in [6, 6.07) is 0.212. The molecule has 0 radical (unpaired) electrons. The zero-order valence-electron chi connectivity index (χ0n) is 6.97. The Bertz CT molecular complexity index is 158. The van der Waals surface area contributed by atoms with E-state index in [1.54, 1.807) is 0 Å². The predicted octanol–water partition coefficient (Wildman–Crippen LogP) is 1.35. The van der Waals surface area contributed by atoms with Gasteiger partial charge in [0.25, 0.3) is 0 Å². The Balaban J connectivity index is 1.90. The number of thioether (sulfide) groups is 1. The smallest absolute Gasteiger partial charge is 0.393 e. The summed E-state index contributed by atoms with van der Waals surface area (Å²) < 4.78 is 34.9. The van der Waals surface area contributed by atoms with Crippen molar-refractivity contribution in [1.29, 1.82) is 0 Å². The summed E-state index contributed by atoms with van der Waals surface area (Å²) in [5.74, 6) is 0.0378.